The fraction of sp³-hybridized carbons (Fsp3) is 0.588. The highest BCUT2D eigenvalue weighted by Crippen LogP contribution is 2.27. The van der Waals surface area contributed by atoms with Gasteiger partial charge in [0, 0.05) is 36.7 Å². The molecule has 0 radical (unpaired) electrons. The lowest BCUT2D eigenvalue weighted by Gasteiger charge is -2.23. The number of aryl methyl sites for hydroxylation is 2. The first-order valence-corrected chi connectivity index (χ1v) is 9.36. The number of hydrogen-bond donors (Lipinski definition) is 2. The normalized spacial score (nSPS) is 18.2. The average Bonchev–Trinajstić information content (AvgIpc) is 3.15. The highest BCUT2D eigenvalue weighted by atomic mass is 32.1. The highest BCUT2D eigenvalue weighted by Gasteiger charge is 2.27. The molecule has 1 unspecified atom stereocenters. The van der Waals surface area contributed by atoms with Crippen LogP contribution in [0.2, 0.25) is 0 Å². The molecule has 3 rings (SSSR count). The van der Waals surface area contributed by atoms with E-state index in [2.05, 4.69) is 20.7 Å². The summed E-state index contributed by atoms with van der Waals surface area (Å²) in [6.07, 6.45) is 2.12. The quantitative estimate of drug-likeness (QED) is 0.874. The van der Waals surface area contributed by atoms with Crippen LogP contribution in [0.3, 0.4) is 0 Å². The molecule has 7 nitrogen and oxygen atoms in total. The minimum atomic E-state index is -0.540. The van der Waals surface area contributed by atoms with Crippen molar-refractivity contribution in [2.75, 3.05) is 18.5 Å². The van der Waals surface area contributed by atoms with Crippen molar-refractivity contribution in [3.8, 4) is 0 Å². The number of hydrogen-bond acceptors (Lipinski definition) is 5. The third kappa shape index (κ3) is 4.19. The zero-order chi connectivity index (χ0) is 18.0. The van der Waals surface area contributed by atoms with Crippen LogP contribution in [0.1, 0.15) is 49.0 Å². The number of aromatic nitrogens is 3. The van der Waals surface area contributed by atoms with Crippen LogP contribution in [0, 0.1) is 6.92 Å². The van der Waals surface area contributed by atoms with Crippen LogP contribution in [0.25, 0.3) is 0 Å². The minimum absolute atomic E-state index is 0.271. The van der Waals surface area contributed by atoms with Crippen molar-refractivity contribution < 1.29 is 9.53 Å². The van der Waals surface area contributed by atoms with E-state index in [1.54, 1.807) is 16.0 Å². The molecule has 0 spiro atoms. The first-order valence-electron chi connectivity index (χ1n) is 8.48. The third-order valence-corrected chi connectivity index (χ3v) is 5.58. The maximum Gasteiger partial charge on any atom is 0.321 e. The lowest BCUT2D eigenvalue weighted by molar-refractivity contribution is 0.0791. The molecule has 1 aliphatic rings. The van der Waals surface area contributed by atoms with Crippen molar-refractivity contribution in [1.82, 2.24) is 20.1 Å². The molecule has 1 fully saturated rings. The van der Waals surface area contributed by atoms with E-state index in [1.165, 1.54) is 0 Å². The number of ether oxygens (including phenoxy) is 1. The predicted octanol–water partition coefficient (Wildman–Crippen LogP) is 3.14. The van der Waals surface area contributed by atoms with Crippen molar-refractivity contribution in [3.63, 3.8) is 0 Å². The van der Waals surface area contributed by atoms with Crippen LogP contribution in [-0.2, 0) is 17.3 Å². The van der Waals surface area contributed by atoms with Crippen molar-refractivity contribution in [2.45, 2.75) is 45.1 Å². The molecular formula is C17H25N5O2S. The van der Waals surface area contributed by atoms with E-state index in [0.29, 0.717) is 18.3 Å². The Hall–Kier alpha value is -1.93. The number of urea groups is 1. The molecule has 2 aromatic rings. The zero-order valence-corrected chi connectivity index (χ0v) is 15.9. The number of amides is 2. The number of carbonyl (C=O) groups is 1. The summed E-state index contributed by atoms with van der Waals surface area (Å²) in [5.74, 6) is 0.970. The van der Waals surface area contributed by atoms with Gasteiger partial charge < -0.3 is 10.1 Å². The van der Waals surface area contributed by atoms with Gasteiger partial charge in [-0.2, -0.15) is 5.10 Å². The monoisotopic (exact) mass is 363 g/mol. The SMILES string of the molecule is Cc1csc(C(C)(C)NC(=O)Nc2cc(C3CCCOC3)nn2C)n1. The summed E-state index contributed by atoms with van der Waals surface area (Å²) in [7, 11) is 1.83. The van der Waals surface area contributed by atoms with Gasteiger partial charge in [0.25, 0.3) is 0 Å². The van der Waals surface area contributed by atoms with E-state index >= 15 is 0 Å². The van der Waals surface area contributed by atoms with Gasteiger partial charge in [0.1, 0.15) is 10.8 Å². The third-order valence-electron chi connectivity index (χ3n) is 4.30. The Balaban J connectivity index is 1.65. The second kappa shape index (κ2) is 7.13. The Bertz CT molecular complexity index is 746. The number of carbonyl (C=O) groups excluding carboxylic acids is 1. The molecule has 1 aliphatic heterocycles. The molecular weight excluding hydrogens is 338 g/mol. The van der Waals surface area contributed by atoms with Crippen LogP contribution in [0.5, 0.6) is 0 Å². The maximum absolute atomic E-state index is 12.4. The minimum Gasteiger partial charge on any atom is -0.381 e. The molecule has 2 amide bonds. The molecule has 1 saturated heterocycles. The van der Waals surface area contributed by atoms with Crippen molar-refractivity contribution in [2.24, 2.45) is 7.05 Å². The number of rotatable bonds is 4. The molecule has 0 aliphatic carbocycles. The van der Waals surface area contributed by atoms with E-state index in [9.17, 15) is 4.79 Å². The Morgan fingerprint density at radius 3 is 2.92 bits per heavy atom. The van der Waals surface area contributed by atoms with Crippen LogP contribution in [-0.4, -0.2) is 34.0 Å². The van der Waals surface area contributed by atoms with Gasteiger partial charge in [-0.1, -0.05) is 0 Å². The molecule has 2 aromatic heterocycles. The molecule has 1 atom stereocenters. The molecule has 2 N–H and O–H groups in total. The average molecular weight is 363 g/mol. The zero-order valence-electron chi connectivity index (χ0n) is 15.1. The van der Waals surface area contributed by atoms with Gasteiger partial charge in [0.05, 0.1) is 17.8 Å². The molecule has 0 saturated carbocycles. The maximum atomic E-state index is 12.4. The van der Waals surface area contributed by atoms with Crippen LogP contribution >= 0.6 is 11.3 Å². The standard InChI is InChI=1S/C17H25N5O2S/c1-11-10-25-15(18-11)17(2,3)20-16(23)19-14-8-13(21-22(14)4)12-6-5-7-24-9-12/h8,10,12H,5-7,9H2,1-4H3,(H2,19,20,23). The Morgan fingerprint density at radius 2 is 2.28 bits per heavy atom. The van der Waals surface area contributed by atoms with Crippen LogP contribution < -0.4 is 10.6 Å². The first kappa shape index (κ1) is 17.9. The summed E-state index contributed by atoms with van der Waals surface area (Å²) < 4.78 is 7.23. The van der Waals surface area contributed by atoms with E-state index in [1.807, 2.05) is 39.3 Å². The van der Waals surface area contributed by atoms with Gasteiger partial charge in [0.2, 0.25) is 0 Å². The van der Waals surface area contributed by atoms with Crippen molar-refractivity contribution in [3.05, 3.63) is 27.8 Å². The van der Waals surface area contributed by atoms with Gasteiger partial charge in [-0.15, -0.1) is 11.3 Å². The van der Waals surface area contributed by atoms with E-state index in [-0.39, 0.29) is 6.03 Å². The Morgan fingerprint density at radius 1 is 1.48 bits per heavy atom. The van der Waals surface area contributed by atoms with Crippen molar-refractivity contribution in [1.29, 1.82) is 0 Å². The highest BCUT2D eigenvalue weighted by molar-refractivity contribution is 7.09. The lowest BCUT2D eigenvalue weighted by atomic mass is 9.99. The fourth-order valence-corrected chi connectivity index (χ4v) is 3.78. The molecule has 3 heterocycles. The predicted molar refractivity (Wildman–Crippen MR) is 98.0 cm³/mol. The second-order valence-corrected chi connectivity index (χ2v) is 7.85. The molecule has 8 heteroatoms. The summed E-state index contributed by atoms with van der Waals surface area (Å²) >= 11 is 1.55. The smallest absolute Gasteiger partial charge is 0.321 e. The second-order valence-electron chi connectivity index (χ2n) is 6.99. The largest absolute Gasteiger partial charge is 0.381 e. The molecule has 0 aromatic carbocycles. The van der Waals surface area contributed by atoms with Gasteiger partial charge >= 0.3 is 6.03 Å². The Kier molecular flexibility index (Phi) is 5.10. The number of nitrogens with zero attached hydrogens (tertiary/aromatic N) is 3. The summed E-state index contributed by atoms with van der Waals surface area (Å²) in [6, 6.07) is 1.66. The fourth-order valence-electron chi connectivity index (χ4n) is 2.91. The number of anilines is 1. The van der Waals surface area contributed by atoms with Crippen LogP contribution in [0.4, 0.5) is 10.6 Å². The summed E-state index contributed by atoms with van der Waals surface area (Å²) in [5.41, 5.74) is 1.38. The molecule has 25 heavy (non-hydrogen) atoms. The lowest BCUT2D eigenvalue weighted by Crippen LogP contribution is -2.43. The van der Waals surface area contributed by atoms with Gasteiger partial charge in [-0.3, -0.25) is 10.00 Å². The first-order chi connectivity index (χ1) is 11.8. The van der Waals surface area contributed by atoms with Gasteiger partial charge in [-0.05, 0) is 33.6 Å². The topological polar surface area (TPSA) is 81.1 Å². The Labute approximate surface area is 151 Å². The van der Waals surface area contributed by atoms with Gasteiger partial charge in [0.15, 0.2) is 0 Å². The number of nitrogens with one attached hydrogen (secondary N) is 2. The van der Waals surface area contributed by atoms with Gasteiger partial charge in [-0.25, -0.2) is 9.78 Å². The van der Waals surface area contributed by atoms with E-state index in [0.717, 1.165) is 35.8 Å². The summed E-state index contributed by atoms with van der Waals surface area (Å²) in [4.78, 5) is 16.9. The van der Waals surface area contributed by atoms with Crippen molar-refractivity contribution >= 4 is 23.2 Å². The molecule has 0 bridgehead atoms. The molecule has 136 valence electrons. The van der Waals surface area contributed by atoms with Crippen LogP contribution in [0.15, 0.2) is 11.4 Å². The summed E-state index contributed by atoms with van der Waals surface area (Å²) in [6.45, 7) is 7.35. The summed E-state index contributed by atoms with van der Waals surface area (Å²) in [5, 5.41) is 13.3. The number of thiazole rings is 1. The van der Waals surface area contributed by atoms with E-state index in [4.69, 9.17) is 4.74 Å². The van der Waals surface area contributed by atoms with E-state index < -0.39 is 5.54 Å².